The summed E-state index contributed by atoms with van der Waals surface area (Å²) in [6.07, 6.45) is -1.000. The van der Waals surface area contributed by atoms with E-state index in [1.54, 1.807) is 25.1 Å². The second-order valence-electron chi connectivity index (χ2n) is 5.12. The van der Waals surface area contributed by atoms with Crippen LogP contribution in [0.3, 0.4) is 0 Å². The van der Waals surface area contributed by atoms with Gasteiger partial charge in [-0.1, -0.05) is 6.07 Å². The van der Waals surface area contributed by atoms with E-state index in [0.717, 1.165) is 18.2 Å². The summed E-state index contributed by atoms with van der Waals surface area (Å²) >= 11 is 0. The number of benzene rings is 2. The average molecular weight is 349 g/mol. The third-order valence-corrected chi connectivity index (χ3v) is 3.21. The van der Waals surface area contributed by atoms with Gasteiger partial charge >= 0.3 is 5.97 Å². The maximum absolute atomic E-state index is 13.6. The smallest absolute Gasteiger partial charge is 0.338 e. The van der Waals surface area contributed by atoms with Crippen molar-refractivity contribution in [3.8, 4) is 5.75 Å². The lowest BCUT2D eigenvalue weighted by atomic mass is 10.2. The number of rotatable bonds is 6. The highest BCUT2D eigenvalue weighted by atomic mass is 19.1. The molecule has 0 spiro atoms. The van der Waals surface area contributed by atoms with E-state index in [1.807, 2.05) is 0 Å². The van der Waals surface area contributed by atoms with Gasteiger partial charge in [0.05, 0.1) is 17.9 Å². The zero-order valence-corrected chi connectivity index (χ0v) is 13.7. The van der Waals surface area contributed by atoms with Crippen LogP contribution in [0.25, 0.3) is 0 Å². The minimum Gasteiger partial charge on any atom is -0.481 e. The standard InChI is InChI=1S/C18H17F2NO4/c1-3-24-18(23)12-5-4-6-14(9-12)25-11(2)17(22)21-16-10-13(19)7-8-15(16)20/h4-11H,3H2,1-2H3,(H,21,22)/t11-/m1/s1. The minimum atomic E-state index is -1.000. The normalized spacial score (nSPS) is 11.5. The summed E-state index contributed by atoms with van der Waals surface area (Å²) in [5.74, 6) is -2.33. The van der Waals surface area contributed by atoms with Crippen LogP contribution in [0.5, 0.6) is 5.75 Å². The number of ether oxygens (including phenoxy) is 2. The number of anilines is 1. The molecule has 0 saturated carbocycles. The predicted molar refractivity (Wildman–Crippen MR) is 87.5 cm³/mol. The summed E-state index contributed by atoms with van der Waals surface area (Å²) < 4.78 is 37.0. The van der Waals surface area contributed by atoms with E-state index < -0.39 is 29.6 Å². The van der Waals surface area contributed by atoms with Crippen molar-refractivity contribution >= 4 is 17.6 Å². The summed E-state index contributed by atoms with van der Waals surface area (Å²) in [7, 11) is 0. The fraction of sp³-hybridized carbons (Fsp3) is 0.222. The number of hydrogen-bond acceptors (Lipinski definition) is 4. The molecule has 0 aliphatic carbocycles. The Bertz CT molecular complexity index is 779. The number of carbonyl (C=O) groups excluding carboxylic acids is 2. The second-order valence-corrected chi connectivity index (χ2v) is 5.12. The zero-order valence-electron chi connectivity index (χ0n) is 13.7. The van der Waals surface area contributed by atoms with Crippen molar-refractivity contribution in [2.24, 2.45) is 0 Å². The summed E-state index contributed by atoms with van der Waals surface area (Å²) in [5, 5.41) is 2.26. The van der Waals surface area contributed by atoms with Gasteiger partial charge in [0.15, 0.2) is 6.10 Å². The highest BCUT2D eigenvalue weighted by Gasteiger charge is 2.18. The van der Waals surface area contributed by atoms with Crippen LogP contribution in [0.1, 0.15) is 24.2 Å². The molecule has 0 aliphatic heterocycles. The van der Waals surface area contributed by atoms with Gasteiger partial charge in [0.2, 0.25) is 0 Å². The maximum Gasteiger partial charge on any atom is 0.338 e. The molecular formula is C18H17F2NO4. The molecule has 25 heavy (non-hydrogen) atoms. The molecule has 1 N–H and O–H groups in total. The Morgan fingerprint density at radius 1 is 1.16 bits per heavy atom. The van der Waals surface area contributed by atoms with Crippen LogP contribution in [-0.2, 0) is 9.53 Å². The molecule has 132 valence electrons. The van der Waals surface area contributed by atoms with Gasteiger partial charge in [-0.15, -0.1) is 0 Å². The number of carbonyl (C=O) groups is 2. The van der Waals surface area contributed by atoms with E-state index in [4.69, 9.17) is 9.47 Å². The van der Waals surface area contributed by atoms with Gasteiger partial charge in [-0.25, -0.2) is 13.6 Å². The van der Waals surface area contributed by atoms with Crippen LogP contribution in [0.2, 0.25) is 0 Å². The van der Waals surface area contributed by atoms with Gasteiger partial charge in [0, 0.05) is 6.07 Å². The third kappa shape index (κ3) is 5.00. The van der Waals surface area contributed by atoms with Crippen molar-refractivity contribution in [1.82, 2.24) is 0 Å². The first-order valence-electron chi connectivity index (χ1n) is 7.60. The molecule has 0 fully saturated rings. The Kier molecular flexibility index (Phi) is 6.05. The van der Waals surface area contributed by atoms with Gasteiger partial charge in [0.25, 0.3) is 5.91 Å². The van der Waals surface area contributed by atoms with E-state index in [2.05, 4.69) is 5.32 Å². The fourth-order valence-corrected chi connectivity index (χ4v) is 2.00. The van der Waals surface area contributed by atoms with E-state index in [9.17, 15) is 18.4 Å². The minimum absolute atomic E-state index is 0.238. The van der Waals surface area contributed by atoms with E-state index in [-0.39, 0.29) is 23.6 Å². The zero-order chi connectivity index (χ0) is 18.4. The van der Waals surface area contributed by atoms with Gasteiger partial charge in [0.1, 0.15) is 17.4 Å². The number of halogens is 2. The molecule has 0 radical (unpaired) electrons. The Labute approximate surface area is 143 Å². The molecule has 1 atom stereocenters. The third-order valence-electron chi connectivity index (χ3n) is 3.21. The number of esters is 1. The van der Waals surface area contributed by atoms with Crippen molar-refractivity contribution in [2.75, 3.05) is 11.9 Å². The van der Waals surface area contributed by atoms with Crippen LogP contribution in [0.15, 0.2) is 42.5 Å². The first-order valence-corrected chi connectivity index (χ1v) is 7.60. The van der Waals surface area contributed by atoms with Crippen LogP contribution in [0, 0.1) is 11.6 Å². The highest BCUT2D eigenvalue weighted by molar-refractivity contribution is 5.94. The molecule has 1 amide bonds. The van der Waals surface area contributed by atoms with E-state index in [0.29, 0.717) is 0 Å². The number of amides is 1. The van der Waals surface area contributed by atoms with Crippen molar-refractivity contribution in [3.63, 3.8) is 0 Å². The Hall–Kier alpha value is -2.96. The Morgan fingerprint density at radius 2 is 1.92 bits per heavy atom. The molecule has 2 rings (SSSR count). The SMILES string of the molecule is CCOC(=O)c1cccc(O[C@H](C)C(=O)Nc2cc(F)ccc2F)c1. The maximum atomic E-state index is 13.6. The number of hydrogen-bond donors (Lipinski definition) is 1. The van der Waals surface area contributed by atoms with Crippen molar-refractivity contribution in [3.05, 3.63) is 59.7 Å². The lowest BCUT2D eigenvalue weighted by Gasteiger charge is -2.15. The van der Waals surface area contributed by atoms with Crippen LogP contribution < -0.4 is 10.1 Å². The summed E-state index contributed by atoms with van der Waals surface area (Å²) in [4.78, 5) is 23.8. The van der Waals surface area contributed by atoms with Crippen LogP contribution in [0.4, 0.5) is 14.5 Å². The van der Waals surface area contributed by atoms with Gasteiger partial charge in [-0.05, 0) is 44.2 Å². The number of nitrogens with one attached hydrogen (secondary N) is 1. The molecule has 0 unspecified atom stereocenters. The van der Waals surface area contributed by atoms with E-state index in [1.165, 1.54) is 13.0 Å². The summed E-state index contributed by atoms with van der Waals surface area (Å²) in [6, 6.07) is 8.88. The Balaban J connectivity index is 2.05. The van der Waals surface area contributed by atoms with Crippen LogP contribution >= 0.6 is 0 Å². The molecule has 5 nitrogen and oxygen atoms in total. The van der Waals surface area contributed by atoms with Crippen molar-refractivity contribution in [2.45, 2.75) is 20.0 Å². The average Bonchev–Trinajstić information content (AvgIpc) is 2.58. The fourth-order valence-electron chi connectivity index (χ4n) is 2.00. The first kappa shape index (κ1) is 18.4. The predicted octanol–water partition coefficient (Wildman–Crippen LogP) is 3.55. The first-order chi connectivity index (χ1) is 11.9. The van der Waals surface area contributed by atoms with Gasteiger partial charge in [-0.2, -0.15) is 0 Å². The molecule has 0 saturated heterocycles. The lowest BCUT2D eigenvalue weighted by molar-refractivity contribution is -0.122. The second kappa shape index (κ2) is 8.23. The topological polar surface area (TPSA) is 64.6 Å². The molecule has 0 aromatic heterocycles. The van der Waals surface area contributed by atoms with Crippen molar-refractivity contribution in [1.29, 1.82) is 0 Å². The Morgan fingerprint density at radius 3 is 2.64 bits per heavy atom. The summed E-state index contributed by atoms with van der Waals surface area (Å²) in [5.41, 5.74) is 0.00357. The molecule has 2 aromatic carbocycles. The largest absolute Gasteiger partial charge is 0.481 e. The highest BCUT2D eigenvalue weighted by Crippen LogP contribution is 2.18. The van der Waals surface area contributed by atoms with E-state index >= 15 is 0 Å². The van der Waals surface area contributed by atoms with Gasteiger partial charge in [-0.3, -0.25) is 4.79 Å². The molecule has 2 aromatic rings. The molecule has 0 bridgehead atoms. The summed E-state index contributed by atoms with van der Waals surface area (Å²) in [6.45, 7) is 3.38. The lowest BCUT2D eigenvalue weighted by Crippen LogP contribution is -2.30. The van der Waals surface area contributed by atoms with Crippen molar-refractivity contribution < 1.29 is 27.8 Å². The van der Waals surface area contributed by atoms with Crippen LogP contribution in [-0.4, -0.2) is 24.6 Å². The molecule has 0 aliphatic rings. The molecular weight excluding hydrogens is 332 g/mol. The monoisotopic (exact) mass is 349 g/mol. The van der Waals surface area contributed by atoms with Gasteiger partial charge < -0.3 is 14.8 Å². The molecule has 7 heteroatoms. The molecule has 0 heterocycles. The quantitative estimate of drug-likeness (QED) is 0.810.